The van der Waals surface area contributed by atoms with Crippen molar-refractivity contribution in [2.45, 2.75) is 72.1 Å². The van der Waals surface area contributed by atoms with E-state index in [-0.39, 0.29) is 51.5 Å². The molecule has 1 amide bonds. The number of methoxy groups -OCH3 is 1. The van der Waals surface area contributed by atoms with Crippen molar-refractivity contribution in [2.75, 3.05) is 40.0 Å². The molecule has 0 radical (unpaired) electrons. The average molecular weight is 599 g/mol. The number of fused-ring (bicyclic) bond motifs is 3. The van der Waals surface area contributed by atoms with Gasteiger partial charge in [-0.2, -0.15) is 0 Å². The molecule has 1 aliphatic rings. The van der Waals surface area contributed by atoms with E-state index in [4.69, 9.17) is 14.2 Å². The van der Waals surface area contributed by atoms with Gasteiger partial charge in [-0.25, -0.2) is 9.78 Å². The Morgan fingerprint density at radius 2 is 1.98 bits per heavy atom. The molecule has 9 nitrogen and oxygen atoms in total. The van der Waals surface area contributed by atoms with Crippen molar-refractivity contribution >= 4 is 23.0 Å². The van der Waals surface area contributed by atoms with Gasteiger partial charge in [0.25, 0.3) is 0 Å². The number of nitrogens with one attached hydrogen (secondary N) is 1. The number of halogens is 1. The van der Waals surface area contributed by atoms with E-state index in [1.807, 2.05) is 26.0 Å². The van der Waals surface area contributed by atoms with Crippen molar-refractivity contribution < 1.29 is 29.6 Å². The first kappa shape index (κ1) is 32.3. The number of ether oxygens (including phenoxy) is 3. The molecule has 43 heavy (non-hydrogen) atoms. The summed E-state index contributed by atoms with van der Waals surface area (Å²) in [6, 6.07) is 10.3. The number of amides is 1. The lowest BCUT2D eigenvalue weighted by Crippen LogP contribution is -2.46. The van der Waals surface area contributed by atoms with Crippen molar-refractivity contribution in [2.24, 2.45) is 5.92 Å². The van der Waals surface area contributed by atoms with E-state index in [0.29, 0.717) is 12.4 Å². The number of hydrogen-bond donors (Lipinski definition) is 1. The van der Waals surface area contributed by atoms with E-state index in [0.717, 1.165) is 28.8 Å². The molecule has 0 aliphatic carbocycles. The third-order valence-electron chi connectivity index (χ3n) is 7.91. The van der Waals surface area contributed by atoms with Crippen LogP contribution in [0.15, 0.2) is 36.5 Å². The summed E-state index contributed by atoms with van der Waals surface area (Å²) in [5, 5.41) is 1.20. The van der Waals surface area contributed by atoms with Crippen molar-refractivity contribution in [1.82, 2.24) is 19.8 Å². The van der Waals surface area contributed by atoms with Crippen LogP contribution in [0.1, 0.15) is 70.9 Å². The summed E-state index contributed by atoms with van der Waals surface area (Å²) in [7, 11) is 1.42. The minimum absolute atomic E-state index is 0. The largest absolute Gasteiger partial charge is 0.476 e. The number of hydrogen-bond acceptors (Lipinski definition) is 7. The average Bonchev–Trinajstić information content (AvgIpc) is 3.32. The Hall–Kier alpha value is -3.66. The van der Waals surface area contributed by atoms with Crippen LogP contribution in [0.5, 0.6) is 5.88 Å². The van der Waals surface area contributed by atoms with Gasteiger partial charge < -0.3 is 24.1 Å². The number of carbonyl (C=O) groups excluding carboxylic acids is 2. The van der Waals surface area contributed by atoms with Gasteiger partial charge in [0.15, 0.2) is 0 Å². The normalized spacial score (nSPS) is 17.8. The van der Waals surface area contributed by atoms with E-state index in [2.05, 4.69) is 40.0 Å². The number of aromatic amines is 1. The minimum Gasteiger partial charge on any atom is -0.476 e. The van der Waals surface area contributed by atoms with Crippen LogP contribution in [-0.4, -0.2) is 83.5 Å². The van der Waals surface area contributed by atoms with Crippen LogP contribution in [-0.2, 0) is 20.7 Å². The van der Waals surface area contributed by atoms with Gasteiger partial charge in [0, 0.05) is 48.9 Å². The first-order valence-corrected chi connectivity index (χ1v) is 15.0. The van der Waals surface area contributed by atoms with Gasteiger partial charge in [0.1, 0.15) is 12.2 Å². The van der Waals surface area contributed by atoms with Crippen molar-refractivity contribution in [3.63, 3.8) is 0 Å². The number of H-pyrrole nitrogens is 1. The summed E-state index contributed by atoms with van der Waals surface area (Å²) in [5.41, 5.74) is 4.67. The molecule has 2 aromatic heterocycles. The molecule has 3 atom stereocenters. The number of aromatic nitrogens is 2. The number of pyridine rings is 1. The lowest BCUT2D eigenvalue weighted by Gasteiger charge is -2.42. The number of esters is 1. The molecule has 0 fully saturated rings. The Kier molecular flexibility index (Phi) is 10.3. The third kappa shape index (κ3) is 7.47. The molecule has 3 heterocycles. The number of nitrogens with zero attached hydrogens (tertiary/aromatic N) is 3. The smallest absolute Gasteiger partial charge is 0.410 e. The van der Waals surface area contributed by atoms with Crippen LogP contribution in [0, 0.1) is 12.8 Å². The van der Waals surface area contributed by atoms with Gasteiger partial charge in [0.05, 0.1) is 32.3 Å². The Balaban J connectivity index is 0.00000529. The Bertz CT molecular complexity index is 1420. The van der Waals surface area contributed by atoms with Gasteiger partial charge >= 0.3 is 12.1 Å². The lowest BCUT2D eigenvalue weighted by atomic mass is 9.86. The van der Waals surface area contributed by atoms with Crippen molar-refractivity contribution in [1.29, 1.82) is 0 Å². The lowest BCUT2D eigenvalue weighted by molar-refractivity contribution is -0.145. The van der Waals surface area contributed by atoms with E-state index in [1.54, 1.807) is 27.0 Å². The van der Waals surface area contributed by atoms with Gasteiger partial charge in [0.2, 0.25) is 5.88 Å². The van der Waals surface area contributed by atoms with Crippen LogP contribution >= 0.6 is 0 Å². The predicted molar refractivity (Wildman–Crippen MR) is 166 cm³/mol. The highest BCUT2D eigenvalue weighted by Crippen LogP contribution is 2.43. The molecule has 0 saturated carbocycles. The van der Waals surface area contributed by atoms with Gasteiger partial charge in [-0.15, -0.1) is 0 Å². The highest BCUT2D eigenvalue weighted by molar-refractivity contribution is 5.85. The predicted octanol–water partition coefficient (Wildman–Crippen LogP) is 6.24. The zero-order valence-electron chi connectivity index (χ0n) is 26.4. The zero-order valence-corrected chi connectivity index (χ0v) is 26.4. The molecule has 1 aromatic carbocycles. The molecule has 0 bridgehead atoms. The molecule has 0 saturated heterocycles. The van der Waals surface area contributed by atoms with Gasteiger partial charge in [-0.05, 0) is 70.7 Å². The van der Waals surface area contributed by atoms with E-state index in [1.165, 1.54) is 23.0 Å². The quantitative estimate of drug-likeness (QED) is 0.261. The van der Waals surface area contributed by atoms with E-state index < -0.39 is 18.4 Å². The SMILES string of the molecule is COC(=O)[C@H](C)CN1[C@H](c2ccnc(OCCN(CCCF)C(=O)OC(C)(C)C)c2C)c2[nH]c3ccccc3c2C[C@H]1C.[HH]. The van der Waals surface area contributed by atoms with Crippen LogP contribution in [0.3, 0.4) is 0 Å². The molecule has 1 aliphatic heterocycles. The fourth-order valence-electron chi connectivity index (χ4n) is 5.81. The second kappa shape index (κ2) is 13.8. The standard InChI is InChI=1S/C33H45FN4O5.H2/c1-21(31(39)41-7)20-38-22(2)19-26-25-11-8-9-12-27(25)36-28(26)29(38)24-13-15-35-30(23(24)3)42-18-17-37(16-10-14-34)32(40)43-33(4,5)6;/h8-9,11-13,15,21-22,29,36H,10,14,16-20H2,1-7H3;1H/t21-,22-,29-;/m1./s1. The van der Waals surface area contributed by atoms with Crippen molar-refractivity contribution in [3.8, 4) is 5.88 Å². The number of carbonyl (C=O) groups is 2. The minimum atomic E-state index is -0.659. The molecular formula is C33H47FN4O5. The van der Waals surface area contributed by atoms with Crippen LogP contribution < -0.4 is 4.74 Å². The van der Waals surface area contributed by atoms with Crippen LogP contribution in [0.25, 0.3) is 10.9 Å². The molecule has 236 valence electrons. The first-order valence-electron chi connectivity index (χ1n) is 15.0. The summed E-state index contributed by atoms with van der Waals surface area (Å²) in [4.78, 5) is 37.2. The fraction of sp³-hybridized carbons (Fsp3) is 0.545. The maximum Gasteiger partial charge on any atom is 0.410 e. The highest BCUT2D eigenvalue weighted by Gasteiger charge is 2.38. The van der Waals surface area contributed by atoms with Gasteiger partial charge in [-0.3, -0.25) is 14.1 Å². The highest BCUT2D eigenvalue weighted by atomic mass is 19.1. The molecular weight excluding hydrogens is 551 g/mol. The van der Waals surface area contributed by atoms with Crippen molar-refractivity contribution in [3.05, 3.63) is 58.9 Å². The summed E-state index contributed by atoms with van der Waals surface area (Å²) in [6.45, 7) is 12.1. The zero-order chi connectivity index (χ0) is 31.3. The Morgan fingerprint density at radius 1 is 1.23 bits per heavy atom. The van der Waals surface area contributed by atoms with E-state index >= 15 is 0 Å². The summed E-state index contributed by atoms with van der Waals surface area (Å²) >= 11 is 0. The molecule has 0 spiro atoms. The van der Waals surface area contributed by atoms with Crippen LogP contribution in [0.2, 0.25) is 0 Å². The Morgan fingerprint density at radius 3 is 2.67 bits per heavy atom. The summed E-state index contributed by atoms with van der Waals surface area (Å²) in [5.74, 6) is -0.1000. The molecule has 1 N–H and O–H groups in total. The number of para-hydroxylation sites is 1. The Labute approximate surface area is 255 Å². The van der Waals surface area contributed by atoms with Crippen LogP contribution in [0.4, 0.5) is 9.18 Å². The monoisotopic (exact) mass is 598 g/mol. The molecule has 10 heteroatoms. The molecule has 3 aromatic rings. The number of alkyl halides is 1. The fourth-order valence-corrected chi connectivity index (χ4v) is 5.81. The first-order chi connectivity index (χ1) is 20.4. The second-order valence-electron chi connectivity index (χ2n) is 12.3. The summed E-state index contributed by atoms with van der Waals surface area (Å²) < 4.78 is 29.7. The maximum atomic E-state index is 12.9. The van der Waals surface area contributed by atoms with Gasteiger partial charge in [-0.1, -0.05) is 25.1 Å². The number of benzene rings is 1. The topological polar surface area (TPSA) is 97.0 Å². The third-order valence-corrected chi connectivity index (χ3v) is 7.91. The summed E-state index contributed by atoms with van der Waals surface area (Å²) in [6.07, 6.45) is 2.30. The maximum absolute atomic E-state index is 12.9. The molecule has 0 unspecified atom stereocenters. The molecule has 4 rings (SSSR count). The second-order valence-corrected chi connectivity index (χ2v) is 12.3. The van der Waals surface area contributed by atoms with E-state index in [9.17, 15) is 14.0 Å². The number of rotatable bonds is 11.